The average Bonchev–Trinajstić information content (AvgIpc) is 3.02. The second kappa shape index (κ2) is 6.30. The summed E-state index contributed by atoms with van der Waals surface area (Å²) in [5, 5.41) is 8.44. The van der Waals surface area contributed by atoms with Crippen LogP contribution < -0.4 is 5.32 Å². The van der Waals surface area contributed by atoms with Crippen molar-refractivity contribution in [3.63, 3.8) is 0 Å². The summed E-state index contributed by atoms with van der Waals surface area (Å²) in [6.07, 6.45) is 6.93. The van der Waals surface area contributed by atoms with Crippen LogP contribution in [0.2, 0.25) is 0 Å². The van der Waals surface area contributed by atoms with Gasteiger partial charge in [-0.2, -0.15) is 5.10 Å². The van der Waals surface area contributed by atoms with Gasteiger partial charge in [0.25, 0.3) is 0 Å². The Kier molecular flexibility index (Phi) is 4.90. The minimum absolute atomic E-state index is 0.402. The molecule has 1 saturated carbocycles. The van der Waals surface area contributed by atoms with Gasteiger partial charge in [-0.1, -0.05) is 19.8 Å². The van der Waals surface area contributed by atoms with Crippen LogP contribution in [0.15, 0.2) is 0 Å². The average molecular weight is 277 g/mol. The maximum atomic E-state index is 4.64. The molecule has 3 heteroatoms. The molecule has 1 heterocycles. The molecular formula is C17H31N3. The minimum Gasteiger partial charge on any atom is -0.310 e. The van der Waals surface area contributed by atoms with Crippen LogP contribution in [0, 0.1) is 19.3 Å². The molecule has 1 aliphatic carbocycles. The van der Waals surface area contributed by atoms with E-state index in [-0.39, 0.29) is 0 Å². The minimum atomic E-state index is 0.402. The van der Waals surface area contributed by atoms with Crippen LogP contribution in [0.5, 0.6) is 0 Å². The summed E-state index contributed by atoms with van der Waals surface area (Å²) in [5.41, 5.74) is 4.45. The largest absolute Gasteiger partial charge is 0.310 e. The third-order valence-corrected chi connectivity index (χ3v) is 5.37. The zero-order chi connectivity index (χ0) is 14.8. The molecule has 3 nitrogen and oxygen atoms in total. The second-order valence-corrected chi connectivity index (χ2v) is 6.56. The van der Waals surface area contributed by atoms with Crippen molar-refractivity contribution in [2.45, 2.75) is 79.3 Å². The Hall–Kier alpha value is -0.830. The Morgan fingerprint density at radius 2 is 1.90 bits per heavy atom. The van der Waals surface area contributed by atoms with Gasteiger partial charge < -0.3 is 5.32 Å². The van der Waals surface area contributed by atoms with E-state index < -0.39 is 0 Å². The van der Waals surface area contributed by atoms with Gasteiger partial charge in [0.15, 0.2) is 0 Å². The normalized spacial score (nSPS) is 19.4. The highest BCUT2D eigenvalue weighted by molar-refractivity contribution is 5.27. The summed E-state index contributed by atoms with van der Waals surface area (Å²) < 4.78 is 2.12. The lowest BCUT2D eigenvalue weighted by Gasteiger charge is -2.30. The molecule has 1 fully saturated rings. The van der Waals surface area contributed by atoms with Gasteiger partial charge in [0, 0.05) is 30.4 Å². The van der Waals surface area contributed by atoms with Crippen LogP contribution in [0.4, 0.5) is 0 Å². The van der Waals surface area contributed by atoms with Gasteiger partial charge in [-0.05, 0) is 52.4 Å². The van der Waals surface area contributed by atoms with Crippen molar-refractivity contribution >= 4 is 0 Å². The van der Waals surface area contributed by atoms with E-state index in [9.17, 15) is 0 Å². The van der Waals surface area contributed by atoms with E-state index in [0.29, 0.717) is 11.5 Å². The number of nitrogens with one attached hydrogen (secondary N) is 1. The van der Waals surface area contributed by atoms with Crippen molar-refractivity contribution < 1.29 is 0 Å². The number of rotatable bonds is 6. The molecule has 2 rings (SSSR count). The first-order valence-corrected chi connectivity index (χ1v) is 8.30. The van der Waals surface area contributed by atoms with Crippen LogP contribution in [0.25, 0.3) is 0 Å². The third-order valence-electron chi connectivity index (χ3n) is 5.37. The number of nitrogens with zero attached hydrogens (tertiary/aromatic N) is 2. The van der Waals surface area contributed by atoms with Gasteiger partial charge in [0.05, 0.1) is 5.69 Å². The lowest BCUT2D eigenvalue weighted by molar-refractivity contribution is 0.258. The Labute approximate surface area is 124 Å². The Morgan fingerprint density at radius 3 is 2.40 bits per heavy atom. The zero-order valence-electron chi connectivity index (χ0n) is 13.9. The van der Waals surface area contributed by atoms with Gasteiger partial charge >= 0.3 is 0 Å². The van der Waals surface area contributed by atoms with E-state index in [1.165, 1.54) is 49.1 Å². The van der Waals surface area contributed by atoms with Crippen LogP contribution in [0.1, 0.15) is 75.9 Å². The zero-order valence-corrected chi connectivity index (χ0v) is 13.9. The summed E-state index contributed by atoms with van der Waals surface area (Å²) in [5.74, 6) is 0. The van der Waals surface area contributed by atoms with E-state index in [1.54, 1.807) is 0 Å². The molecule has 1 N–H and O–H groups in total. The quantitative estimate of drug-likeness (QED) is 0.847. The number of aryl methyl sites for hydroxylation is 2. The van der Waals surface area contributed by atoms with Gasteiger partial charge in [-0.25, -0.2) is 0 Å². The SMILES string of the molecule is CCn1nc(C)c(C(C)NCC2(CC)CCCC2)c1C. The van der Waals surface area contributed by atoms with Crippen LogP contribution >= 0.6 is 0 Å². The number of hydrogen-bond acceptors (Lipinski definition) is 2. The maximum absolute atomic E-state index is 4.64. The summed E-state index contributed by atoms with van der Waals surface area (Å²) in [6, 6.07) is 0.402. The van der Waals surface area contributed by atoms with Crippen LogP contribution in [-0.4, -0.2) is 16.3 Å². The van der Waals surface area contributed by atoms with Crippen molar-refractivity contribution in [1.82, 2.24) is 15.1 Å². The molecule has 1 aromatic rings. The van der Waals surface area contributed by atoms with Gasteiger partial charge in [-0.15, -0.1) is 0 Å². The first-order valence-electron chi connectivity index (χ1n) is 8.30. The topological polar surface area (TPSA) is 29.9 Å². The van der Waals surface area contributed by atoms with E-state index in [1.807, 2.05) is 0 Å². The predicted octanol–water partition coefficient (Wildman–Crippen LogP) is 4.14. The van der Waals surface area contributed by atoms with Crippen molar-refractivity contribution in [1.29, 1.82) is 0 Å². The highest BCUT2D eigenvalue weighted by Gasteiger charge is 2.32. The van der Waals surface area contributed by atoms with Crippen LogP contribution in [-0.2, 0) is 6.54 Å². The fourth-order valence-electron chi connectivity index (χ4n) is 3.90. The third kappa shape index (κ3) is 2.93. The molecule has 1 aliphatic rings. The van der Waals surface area contributed by atoms with E-state index in [2.05, 4.69) is 49.7 Å². The maximum Gasteiger partial charge on any atom is 0.0644 e. The Morgan fingerprint density at radius 1 is 1.25 bits per heavy atom. The molecule has 0 aromatic carbocycles. The van der Waals surface area contributed by atoms with Gasteiger partial charge in [0.2, 0.25) is 0 Å². The fraction of sp³-hybridized carbons (Fsp3) is 0.824. The summed E-state index contributed by atoms with van der Waals surface area (Å²) >= 11 is 0. The lowest BCUT2D eigenvalue weighted by Crippen LogP contribution is -2.33. The van der Waals surface area contributed by atoms with E-state index in [0.717, 1.165) is 13.1 Å². The summed E-state index contributed by atoms with van der Waals surface area (Å²) in [4.78, 5) is 0. The Balaban J connectivity index is 2.05. The standard InChI is InChI=1S/C17H31N3/c1-6-17(10-8-9-11-17)12-18-13(3)16-14(4)19-20(7-2)15(16)5/h13,18H,6-12H2,1-5H3. The molecule has 1 aromatic heterocycles. The van der Waals surface area contributed by atoms with Gasteiger partial charge in [-0.3, -0.25) is 4.68 Å². The Bertz CT molecular complexity index is 441. The molecule has 0 bridgehead atoms. The number of hydrogen-bond donors (Lipinski definition) is 1. The first kappa shape index (κ1) is 15.6. The second-order valence-electron chi connectivity index (χ2n) is 6.56. The summed E-state index contributed by atoms with van der Waals surface area (Å²) in [6.45, 7) is 13.2. The van der Waals surface area contributed by atoms with Crippen molar-refractivity contribution in [3.05, 3.63) is 17.0 Å². The molecule has 1 atom stereocenters. The summed E-state index contributed by atoms with van der Waals surface area (Å²) in [7, 11) is 0. The molecule has 0 spiro atoms. The monoisotopic (exact) mass is 277 g/mol. The molecule has 1 unspecified atom stereocenters. The van der Waals surface area contributed by atoms with E-state index >= 15 is 0 Å². The lowest BCUT2D eigenvalue weighted by atomic mass is 9.83. The number of aromatic nitrogens is 2. The molecule has 20 heavy (non-hydrogen) atoms. The smallest absolute Gasteiger partial charge is 0.0644 e. The van der Waals surface area contributed by atoms with Crippen LogP contribution in [0.3, 0.4) is 0 Å². The molecule has 0 aliphatic heterocycles. The molecule has 114 valence electrons. The van der Waals surface area contributed by atoms with E-state index in [4.69, 9.17) is 0 Å². The van der Waals surface area contributed by atoms with Crippen molar-refractivity contribution in [2.24, 2.45) is 5.41 Å². The highest BCUT2D eigenvalue weighted by atomic mass is 15.3. The predicted molar refractivity (Wildman–Crippen MR) is 85.0 cm³/mol. The molecule has 0 saturated heterocycles. The van der Waals surface area contributed by atoms with Gasteiger partial charge in [0.1, 0.15) is 0 Å². The molecule has 0 amide bonds. The van der Waals surface area contributed by atoms with Crippen molar-refractivity contribution in [2.75, 3.05) is 6.54 Å². The van der Waals surface area contributed by atoms with Crippen molar-refractivity contribution in [3.8, 4) is 0 Å². The highest BCUT2D eigenvalue weighted by Crippen LogP contribution is 2.40. The first-order chi connectivity index (χ1) is 9.53. The molecule has 0 radical (unpaired) electrons. The fourth-order valence-corrected chi connectivity index (χ4v) is 3.90. The molecular weight excluding hydrogens is 246 g/mol.